The molecule has 1 amide bonds. The first kappa shape index (κ1) is 14.7. The van der Waals surface area contributed by atoms with Crippen LogP contribution in [0.3, 0.4) is 0 Å². The number of piperidine rings is 1. The van der Waals surface area contributed by atoms with E-state index in [2.05, 4.69) is 9.97 Å². The predicted octanol–water partition coefficient (Wildman–Crippen LogP) is 1.73. The summed E-state index contributed by atoms with van der Waals surface area (Å²) in [6.07, 6.45) is 7.93. The molecule has 1 atom stereocenters. The van der Waals surface area contributed by atoms with E-state index in [0.717, 1.165) is 25.0 Å². The first-order valence-electron chi connectivity index (χ1n) is 8.14. The first-order chi connectivity index (χ1) is 11.6. The van der Waals surface area contributed by atoms with E-state index in [1.165, 1.54) is 4.40 Å². The maximum absolute atomic E-state index is 13.0. The van der Waals surface area contributed by atoms with Crippen LogP contribution in [-0.2, 0) is 7.05 Å². The molecule has 1 unspecified atom stereocenters. The molecular weight excluding hydrogens is 306 g/mol. The molecule has 4 rings (SSSR count). The molecule has 3 aromatic rings. The Balaban J connectivity index is 1.74. The van der Waals surface area contributed by atoms with Gasteiger partial charge in [-0.1, -0.05) is 0 Å². The summed E-state index contributed by atoms with van der Waals surface area (Å²) < 4.78 is 3.30. The van der Waals surface area contributed by atoms with E-state index < -0.39 is 0 Å². The fraction of sp³-hybridized carbons (Fsp3) is 0.353. The van der Waals surface area contributed by atoms with Crippen molar-refractivity contribution in [2.24, 2.45) is 7.05 Å². The van der Waals surface area contributed by atoms with Crippen LogP contribution in [0.5, 0.6) is 0 Å². The van der Waals surface area contributed by atoms with Gasteiger partial charge in [-0.3, -0.25) is 14.0 Å². The zero-order chi connectivity index (χ0) is 16.7. The van der Waals surface area contributed by atoms with E-state index in [4.69, 9.17) is 0 Å². The summed E-state index contributed by atoms with van der Waals surface area (Å²) >= 11 is 0. The monoisotopic (exact) mass is 325 g/mol. The van der Waals surface area contributed by atoms with Crippen LogP contribution in [0.25, 0.3) is 5.78 Å². The Morgan fingerprint density at radius 1 is 1.33 bits per heavy atom. The van der Waals surface area contributed by atoms with Crippen molar-refractivity contribution >= 4 is 11.7 Å². The number of aromatic nitrogens is 4. The van der Waals surface area contributed by atoms with Crippen LogP contribution in [0.1, 0.15) is 41.5 Å². The Morgan fingerprint density at radius 3 is 3.00 bits per heavy atom. The van der Waals surface area contributed by atoms with Crippen LogP contribution >= 0.6 is 0 Å². The van der Waals surface area contributed by atoms with E-state index in [1.807, 2.05) is 34.8 Å². The summed E-state index contributed by atoms with van der Waals surface area (Å²) in [5.41, 5.74) is 1.28. The number of aromatic amines is 1. The molecule has 1 fully saturated rings. The number of aryl methyl sites for hydroxylation is 1. The number of hydrogen-bond acceptors (Lipinski definition) is 3. The molecule has 1 aliphatic rings. The number of hydrogen-bond donors (Lipinski definition) is 1. The van der Waals surface area contributed by atoms with Crippen LogP contribution in [0.15, 0.2) is 41.6 Å². The largest absolute Gasteiger partial charge is 0.347 e. The van der Waals surface area contributed by atoms with Gasteiger partial charge in [0.05, 0.1) is 6.04 Å². The van der Waals surface area contributed by atoms with Gasteiger partial charge in [0, 0.05) is 43.9 Å². The molecule has 1 aliphatic heterocycles. The standard InChI is InChI=1S/C17H19N5O2/c1-20-8-4-6-14(20)16(24)21-9-3-2-5-13(21)12-11-15(23)22-10-7-18-17(22)19-12/h4,6-8,10-11,13H,2-3,5,9H2,1H3,(H,18,19). The lowest BCUT2D eigenvalue weighted by Gasteiger charge is -2.35. The number of likely N-dealkylation sites (tertiary alicyclic amines) is 1. The first-order valence-corrected chi connectivity index (χ1v) is 8.14. The van der Waals surface area contributed by atoms with Crippen LogP contribution < -0.4 is 5.56 Å². The van der Waals surface area contributed by atoms with Crippen molar-refractivity contribution in [2.75, 3.05) is 6.54 Å². The lowest BCUT2D eigenvalue weighted by atomic mass is 9.98. The smallest absolute Gasteiger partial charge is 0.271 e. The van der Waals surface area contributed by atoms with Gasteiger partial charge in [0.25, 0.3) is 11.5 Å². The number of carbonyl (C=O) groups is 1. The third-order valence-corrected chi connectivity index (χ3v) is 4.70. The van der Waals surface area contributed by atoms with Gasteiger partial charge in [0.15, 0.2) is 0 Å². The van der Waals surface area contributed by atoms with Crippen molar-refractivity contribution in [3.63, 3.8) is 0 Å². The summed E-state index contributed by atoms with van der Waals surface area (Å²) in [5.74, 6) is 0.505. The van der Waals surface area contributed by atoms with E-state index >= 15 is 0 Å². The molecule has 124 valence electrons. The van der Waals surface area contributed by atoms with Crippen LogP contribution in [0.2, 0.25) is 0 Å². The van der Waals surface area contributed by atoms with Crippen molar-refractivity contribution in [1.82, 2.24) is 23.8 Å². The minimum atomic E-state index is -0.131. The van der Waals surface area contributed by atoms with Gasteiger partial charge in [0.1, 0.15) is 5.69 Å². The van der Waals surface area contributed by atoms with Gasteiger partial charge in [-0.05, 0) is 31.4 Å². The fourth-order valence-corrected chi connectivity index (χ4v) is 3.45. The van der Waals surface area contributed by atoms with Gasteiger partial charge in [-0.15, -0.1) is 0 Å². The quantitative estimate of drug-likeness (QED) is 0.779. The molecule has 1 saturated heterocycles. The molecule has 0 aromatic carbocycles. The lowest BCUT2D eigenvalue weighted by molar-refractivity contribution is 0.0596. The molecule has 0 bridgehead atoms. The normalized spacial score (nSPS) is 18.2. The number of amides is 1. The maximum Gasteiger partial charge on any atom is 0.271 e. The van der Waals surface area contributed by atoms with Crippen molar-refractivity contribution in [1.29, 1.82) is 0 Å². The van der Waals surface area contributed by atoms with E-state index in [-0.39, 0.29) is 17.5 Å². The highest BCUT2D eigenvalue weighted by Gasteiger charge is 2.30. The second-order valence-corrected chi connectivity index (χ2v) is 6.20. The molecule has 7 nitrogen and oxygen atoms in total. The highest BCUT2D eigenvalue weighted by Crippen LogP contribution is 2.30. The SMILES string of the molecule is Cn1cccc1C(=O)N1CCCCC1c1cc(=O)n2ccnc2[nH]1. The van der Waals surface area contributed by atoms with Gasteiger partial charge >= 0.3 is 0 Å². The zero-order valence-corrected chi connectivity index (χ0v) is 13.5. The second kappa shape index (κ2) is 5.67. The van der Waals surface area contributed by atoms with E-state index in [0.29, 0.717) is 18.0 Å². The van der Waals surface area contributed by atoms with E-state index in [1.54, 1.807) is 18.5 Å². The van der Waals surface area contributed by atoms with Crippen molar-refractivity contribution in [3.05, 3.63) is 58.5 Å². The van der Waals surface area contributed by atoms with Crippen molar-refractivity contribution in [3.8, 4) is 0 Å². The number of carbonyl (C=O) groups excluding carboxylic acids is 1. The minimum Gasteiger partial charge on any atom is -0.347 e. The van der Waals surface area contributed by atoms with Gasteiger partial charge < -0.3 is 14.5 Å². The molecular formula is C17H19N5O2. The third-order valence-electron chi connectivity index (χ3n) is 4.70. The van der Waals surface area contributed by atoms with E-state index in [9.17, 15) is 9.59 Å². The van der Waals surface area contributed by atoms with Gasteiger partial charge in [-0.25, -0.2) is 4.98 Å². The molecule has 0 saturated carbocycles. The molecule has 0 aliphatic carbocycles. The van der Waals surface area contributed by atoms with Crippen LogP contribution in [-0.4, -0.2) is 36.3 Å². The maximum atomic E-state index is 13.0. The summed E-state index contributed by atoms with van der Waals surface area (Å²) in [6.45, 7) is 0.691. The van der Waals surface area contributed by atoms with Crippen LogP contribution in [0, 0.1) is 0 Å². The Morgan fingerprint density at radius 2 is 2.21 bits per heavy atom. The fourth-order valence-electron chi connectivity index (χ4n) is 3.45. The Hall–Kier alpha value is -2.83. The number of imidazole rings is 1. The van der Waals surface area contributed by atoms with Crippen molar-refractivity contribution < 1.29 is 4.79 Å². The molecule has 0 spiro atoms. The number of nitrogens with zero attached hydrogens (tertiary/aromatic N) is 4. The van der Waals surface area contributed by atoms with Crippen molar-refractivity contribution in [2.45, 2.75) is 25.3 Å². The Bertz CT molecular complexity index is 951. The Kier molecular flexibility index (Phi) is 3.48. The molecule has 1 N–H and O–H groups in total. The highest BCUT2D eigenvalue weighted by molar-refractivity contribution is 5.93. The number of H-pyrrole nitrogens is 1. The molecule has 4 heterocycles. The minimum absolute atomic E-state index is 0.00346. The highest BCUT2D eigenvalue weighted by atomic mass is 16.2. The number of fused-ring (bicyclic) bond motifs is 1. The van der Waals surface area contributed by atoms with Gasteiger partial charge in [0.2, 0.25) is 5.78 Å². The predicted molar refractivity (Wildman–Crippen MR) is 88.9 cm³/mol. The topological polar surface area (TPSA) is 75.4 Å². The molecule has 0 radical (unpaired) electrons. The average Bonchev–Trinajstić information content (AvgIpc) is 3.23. The third kappa shape index (κ3) is 2.33. The van der Waals surface area contributed by atoms with Gasteiger partial charge in [-0.2, -0.15) is 0 Å². The summed E-state index contributed by atoms with van der Waals surface area (Å²) in [7, 11) is 1.87. The number of nitrogens with one attached hydrogen (secondary N) is 1. The summed E-state index contributed by atoms with van der Waals surface area (Å²) in [6, 6.07) is 5.14. The summed E-state index contributed by atoms with van der Waals surface area (Å²) in [5, 5.41) is 0. The summed E-state index contributed by atoms with van der Waals surface area (Å²) in [4.78, 5) is 34.5. The lowest BCUT2D eigenvalue weighted by Crippen LogP contribution is -2.40. The molecule has 24 heavy (non-hydrogen) atoms. The molecule has 3 aromatic heterocycles. The van der Waals surface area contributed by atoms with Crippen LogP contribution in [0.4, 0.5) is 0 Å². The second-order valence-electron chi connectivity index (χ2n) is 6.20. The molecule has 7 heteroatoms. The Labute approximate surface area is 138 Å². The number of rotatable bonds is 2. The average molecular weight is 325 g/mol. The zero-order valence-electron chi connectivity index (χ0n) is 13.5.